The molecule has 0 spiro atoms. The summed E-state index contributed by atoms with van der Waals surface area (Å²) in [7, 11) is 0. The lowest BCUT2D eigenvalue weighted by Gasteiger charge is -2.22. The van der Waals surface area contributed by atoms with Crippen LogP contribution in [0.15, 0.2) is 0 Å². The van der Waals surface area contributed by atoms with Gasteiger partial charge in [0.15, 0.2) is 0 Å². The van der Waals surface area contributed by atoms with E-state index in [1.54, 1.807) is 0 Å². The Kier molecular flexibility index (Phi) is 3.34. The third-order valence-corrected chi connectivity index (χ3v) is 2.34. The second kappa shape index (κ2) is 4.07. The fourth-order valence-corrected chi connectivity index (χ4v) is 1.64. The predicted octanol–water partition coefficient (Wildman–Crippen LogP) is 1.68. The van der Waals surface area contributed by atoms with E-state index in [1.807, 2.05) is 0 Å². The van der Waals surface area contributed by atoms with Crippen molar-refractivity contribution in [3.63, 3.8) is 0 Å². The molecule has 2 N–H and O–H groups in total. The minimum Gasteiger partial charge on any atom is -0.380 e. The summed E-state index contributed by atoms with van der Waals surface area (Å²) in [4.78, 5) is 0. The van der Waals surface area contributed by atoms with Crippen LogP contribution in [0.1, 0.15) is 39.0 Å². The normalized spacial score (nSPS) is 22.4. The molecule has 0 aliphatic heterocycles. The second-order valence-corrected chi connectivity index (χ2v) is 3.62. The highest BCUT2D eigenvalue weighted by molar-refractivity contribution is 4.88. The zero-order valence-corrected chi connectivity index (χ0v) is 7.44. The van der Waals surface area contributed by atoms with Crippen molar-refractivity contribution < 1.29 is 4.74 Å². The van der Waals surface area contributed by atoms with E-state index in [0.717, 1.165) is 32.5 Å². The van der Waals surface area contributed by atoms with Crippen molar-refractivity contribution in [2.24, 2.45) is 5.73 Å². The number of rotatable bonds is 4. The Morgan fingerprint density at radius 3 is 2.55 bits per heavy atom. The van der Waals surface area contributed by atoms with Gasteiger partial charge in [0.1, 0.15) is 0 Å². The highest BCUT2D eigenvalue weighted by Gasteiger charge is 2.28. The maximum Gasteiger partial charge on any atom is 0.0646 e. The summed E-state index contributed by atoms with van der Waals surface area (Å²) in [5, 5.41) is 0. The van der Waals surface area contributed by atoms with Gasteiger partial charge in [0.2, 0.25) is 0 Å². The number of ether oxygens (including phenoxy) is 1. The summed E-state index contributed by atoms with van der Waals surface area (Å²) in [6.45, 7) is 3.75. The summed E-state index contributed by atoms with van der Waals surface area (Å²) in [6.07, 6.45) is 5.96. The molecule has 2 heteroatoms. The van der Waals surface area contributed by atoms with Gasteiger partial charge in [-0.1, -0.05) is 19.8 Å². The zero-order valence-electron chi connectivity index (χ0n) is 7.44. The number of hydrogen-bond acceptors (Lipinski definition) is 2. The maximum absolute atomic E-state index is 6.07. The molecule has 1 fully saturated rings. The van der Waals surface area contributed by atoms with Crippen LogP contribution >= 0.6 is 0 Å². The van der Waals surface area contributed by atoms with E-state index in [9.17, 15) is 0 Å². The summed E-state index contributed by atoms with van der Waals surface area (Å²) in [6, 6.07) is 0. The molecule has 1 aliphatic rings. The monoisotopic (exact) mass is 157 g/mol. The van der Waals surface area contributed by atoms with E-state index in [2.05, 4.69) is 6.92 Å². The Hall–Kier alpha value is -0.0800. The molecule has 0 atom stereocenters. The fraction of sp³-hybridized carbons (Fsp3) is 1.00. The minimum atomic E-state index is 0.0230. The maximum atomic E-state index is 6.07. The van der Waals surface area contributed by atoms with Crippen LogP contribution in [-0.4, -0.2) is 18.8 Å². The molecule has 0 aromatic heterocycles. The summed E-state index contributed by atoms with van der Waals surface area (Å²) >= 11 is 0. The number of hydrogen-bond donors (Lipinski definition) is 1. The first-order chi connectivity index (χ1) is 5.27. The quantitative estimate of drug-likeness (QED) is 0.630. The van der Waals surface area contributed by atoms with Crippen molar-refractivity contribution in [3.8, 4) is 0 Å². The molecule has 1 aliphatic carbocycles. The van der Waals surface area contributed by atoms with Crippen LogP contribution in [0.3, 0.4) is 0 Å². The van der Waals surface area contributed by atoms with Gasteiger partial charge in [-0.3, -0.25) is 0 Å². The van der Waals surface area contributed by atoms with Crippen LogP contribution in [0.25, 0.3) is 0 Å². The van der Waals surface area contributed by atoms with Gasteiger partial charge in [-0.05, 0) is 19.3 Å². The smallest absolute Gasteiger partial charge is 0.0646 e. The predicted molar refractivity (Wildman–Crippen MR) is 46.5 cm³/mol. The summed E-state index contributed by atoms with van der Waals surface area (Å²) in [5.41, 5.74) is 6.10. The molecule has 0 saturated heterocycles. The van der Waals surface area contributed by atoms with E-state index in [-0.39, 0.29) is 5.54 Å². The van der Waals surface area contributed by atoms with Crippen LogP contribution < -0.4 is 5.73 Å². The van der Waals surface area contributed by atoms with Gasteiger partial charge in [0.25, 0.3) is 0 Å². The Labute approximate surface area is 69.1 Å². The lowest BCUT2D eigenvalue weighted by molar-refractivity contribution is 0.0873. The van der Waals surface area contributed by atoms with Crippen LogP contribution in [0.4, 0.5) is 0 Å². The molecule has 0 aromatic carbocycles. The first kappa shape index (κ1) is 9.01. The largest absolute Gasteiger partial charge is 0.380 e. The first-order valence-electron chi connectivity index (χ1n) is 4.63. The number of nitrogens with two attached hydrogens (primary N) is 1. The van der Waals surface area contributed by atoms with Crippen LogP contribution in [0.2, 0.25) is 0 Å². The molecule has 66 valence electrons. The molecular weight excluding hydrogens is 138 g/mol. The van der Waals surface area contributed by atoms with Crippen LogP contribution in [0, 0.1) is 0 Å². The van der Waals surface area contributed by atoms with E-state index >= 15 is 0 Å². The van der Waals surface area contributed by atoms with Crippen LogP contribution in [0.5, 0.6) is 0 Å². The average Bonchev–Trinajstić information content (AvgIpc) is 2.38. The molecule has 0 radical (unpaired) electrons. The molecule has 1 rings (SSSR count). The van der Waals surface area contributed by atoms with Gasteiger partial charge in [-0.2, -0.15) is 0 Å². The Morgan fingerprint density at radius 2 is 2.00 bits per heavy atom. The Bertz CT molecular complexity index is 108. The van der Waals surface area contributed by atoms with E-state index < -0.39 is 0 Å². The molecule has 0 unspecified atom stereocenters. The summed E-state index contributed by atoms with van der Waals surface area (Å²) < 4.78 is 5.44. The minimum absolute atomic E-state index is 0.0230. The van der Waals surface area contributed by atoms with E-state index in [1.165, 1.54) is 12.8 Å². The highest BCUT2D eigenvalue weighted by Crippen LogP contribution is 2.27. The third kappa shape index (κ3) is 2.80. The van der Waals surface area contributed by atoms with Crippen molar-refractivity contribution in [2.75, 3.05) is 13.2 Å². The van der Waals surface area contributed by atoms with Crippen LogP contribution in [-0.2, 0) is 4.74 Å². The second-order valence-electron chi connectivity index (χ2n) is 3.62. The molecule has 2 nitrogen and oxygen atoms in total. The lowest BCUT2D eigenvalue weighted by atomic mass is 10.0. The van der Waals surface area contributed by atoms with Crippen molar-refractivity contribution in [1.82, 2.24) is 0 Å². The van der Waals surface area contributed by atoms with Crippen molar-refractivity contribution in [1.29, 1.82) is 0 Å². The lowest BCUT2D eigenvalue weighted by Crippen LogP contribution is -2.41. The molecular formula is C9H19NO. The Balaban J connectivity index is 2.13. The highest BCUT2D eigenvalue weighted by atomic mass is 16.5. The van der Waals surface area contributed by atoms with Gasteiger partial charge >= 0.3 is 0 Å². The van der Waals surface area contributed by atoms with Crippen molar-refractivity contribution >= 4 is 0 Å². The van der Waals surface area contributed by atoms with Crippen molar-refractivity contribution in [3.05, 3.63) is 0 Å². The molecule has 0 bridgehead atoms. The fourth-order valence-electron chi connectivity index (χ4n) is 1.64. The van der Waals surface area contributed by atoms with Crippen molar-refractivity contribution in [2.45, 2.75) is 44.6 Å². The van der Waals surface area contributed by atoms with E-state index in [4.69, 9.17) is 10.5 Å². The van der Waals surface area contributed by atoms with Gasteiger partial charge in [0, 0.05) is 12.1 Å². The molecule has 11 heavy (non-hydrogen) atoms. The van der Waals surface area contributed by atoms with Gasteiger partial charge in [-0.15, -0.1) is 0 Å². The zero-order chi connectivity index (χ0) is 8.16. The average molecular weight is 157 g/mol. The SMILES string of the molecule is CCCOCC1(N)CCCC1. The van der Waals surface area contributed by atoms with E-state index in [0.29, 0.717) is 0 Å². The Morgan fingerprint density at radius 1 is 1.36 bits per heavy atom. The first-order valence-corrected chi connectivity index (χ1v) is 4.63. The molecule has 0 aromatic rings. The van der Waals surface area contributed by atoms with Gasteiger partial charge in [-0.25, -0.2) is 0 Å². The van der Waals surface area contributed by atoms with Gasteiger partial charge in [0.05, 0.1) is 6.61 Å². The topological polar surface area (TPSA) is 35.2 Å². The molecule has 1 saturated carbocycles. The standard InChI is InChI=1S/C9H19NO/c1-2-7-11-8-9(10)5-3-4-6-9/h2-8,10H2,1H3. The molecule has 0 amide bonds. The third-order valence-electron chi connectivity index (χ3n) is 2.34. The molecule has 0 heterocycles. The summed E-state index contributed by atoms with van der Waals surface area (Å²) in [5.74, 6) is 0. The van der Waals surface area contributed by atoms with Gasteiger partial charge < -0.3 is 10.5 Å².